The van der Waals surface area contributed by atoms with Crippen molar-refractivity contribution in [3.05, 3.63) is 82.2 Å². The first kappa shape index (κ1) is 24.9. The number of carbonyl (C=O) groups excluding carboxylic acids is 2. The minimum Gasteiger partial charge on any atom is -0.369 e. The van der Waals surface area contributed by atoms with Crippen molar-refractivity contribution in [1.29, 1.82) is 0 Å². The van der Waals surface area contributed by atoms with E-state index in [0.717, 1.165) is 68.1 Å². The molecule has 1 unspecified atom stereocenters. The summed E-state index contributed by atoms with van der Waals surface area (Å²) in [6.07, 6.45) is 3.75. The zero-order chi connectivity index (χ0) is 26.3. The van der Waals surface area contributed by atoms with Crippen LogP contribution < -0.4 is 21.4 Å². The van der Waals surface area contributed by atoms with Gasteiger partial charge in [0.1, 0.15) is 11.2 Å². The maximum Gasteiger partial charge on any atom is 0.258 e. The zero-order valence-electron chi connectivity index (χ0n) is 21.7. The SMILES string of the molecule is CN1CCN(c2ccc(C(=O)NC3c4cc(C(N)=O)sc4NN3C3(c4ccccc4)CCCC3)cc2)CC1. The molecule has 8 nitrogen and oxygen atoms in total. The molecule has 2 fully saturated rings. The van der Waals surface area contributed by atoms with Crippen molar-refractivity contribution in [3.8, 4) is 0 Å². The normalized spacial score (nSPS) is 21.2. The lowest BCUT2D eigenvalue weighted by molar-refractivity contribution is 0.0558. The van der Waals surface area contributed by atoms with Crippen LogP contribution in [0.3, 0.4) is 0 Å². The summed E-state index contributed by atoms with van der Waals surface area (Å²) in [6, 6.07) is 20.2. The van der Waals surface area contributed by atoms with Gasteiger partial charge in [-0.25, -0.2) is 0 Å². The number of hydrazine groups is 1. The average molecular weight is 531 g/mol. The van der Waals surface area contributed by atoms with Crippen LogP contribution in [-0.2, 0) is 5.54 Å². The van der Waals surface area contributed by atoms with Crippen molar-refractivity contribution in [2.45, 2.75) is 37.4 Å². The standard InChI is InChI=1S/C29H34N6O2S/c1-33-15-17-34(18-16-33)22-11-9-20(10-12-22)27(37)31-26-23-19-24(25(30)36)38-28(23)32-35(26)29(13-5-6-14-29)21-7-3-2-4-8-21/h2-4,7-12,19,26,32H,5-6,13-18H2,1H3,(H2,30,36)(H,31,37). The van der Waals surface area contributed by atoms with Crippen LogP contribution in [0.25, 0.3) is 0 Å². The number of hydrogen-bond acceptors (Lipinski definition) is 7. The van der Waals surface area contributed by atoms with Gasteiger partial charge in [-0.15, -0.1) is 11.3 Å². The molecule has 2 amide bonds. The number of piperazine rings is 1. The molecule has 1 atom stereocenters. The highest BCUT2D eigenvalue weighted by molar-refractivity contribution is 7.18. The fraction of sp³-hybridized carbons (Fsp3) is 0.379. The van der Waals surface area contributed by atoms with Gasteiger partial charge in [-0.1, -0.05) is 43.2 Å². The van der Waals surface area contributed by atoms with Gasteiger partial charge in [0.05, 0.1) is 10.4 Å². The lowest BCUT2D eigenvalue weighted by Crippen LogP contribution is -2.51. The lowest BCUT2D eigenvalue weighted by atomic mass is 9.87. The maximum absolute atomic E-state index is 13.6. The molecule has 4 N–H and O–H groups in total. The highest BCUT2D eigenvalue weighted by Gasteiger charge is 2.49. The fourth-order valence-corrected chi connectivity index (χ4v) is 7.04. The van der Waals surface area contributed by atoms with E-state index in [-0.39, 0.29) is 11.4 Å². The molecule has 2 aromatic carbocycles. The largest absolute Gasteiger partial charge is 0.369 e. The quantitative estimate of drug-likeness (QED) is 0.444. The Kier molecular flexibility index (Phi) is 6.59. The van der Waals surface area contributed by atoms with Crippen LogP contribution in [0.5, 0.6) is 0 Å². The van der Waals surface area contributed by atoms with Crippen LogP contribution in [-0.4, -0.2) is 54.9 Å². The molecular weight excluding hydrogens is 496 g/mol. The van der Waals surface area contributed by atoms with Crippen LogP contribution >= 0.6 is 11.3 Å². The third kappa shape index (κ3) is 4.44. The number of likely N-dealkylation sites (N-methyl/N-ethyl adjacent to an activating group) is 1. The molecule has 3 aromatic rings. The summed E-state index contributed by atoms with van der Waals surface area (Å²) in [5.74, 6) is -0.603. The summed E-state index contributed by atoms with van der Waals surface area (Å²) in [4.78, 5) is 30.7. The van der Waals surface area contributed by atoms with E-state index in [2.05, 4.69) is 56.9 Å². The molecule has 0 spiro atoms. The van der Waals surface area contributed by atoms with Crippen LogP contribution in [0.1, 0.15) is 63.0 Å². The van der Waals surface area contributed by atoms with Gasteiger partial charge in [0.2, 0.25) is 0 Å². The van der Waals surface area contributed by atoms with E-state index in [9.17, 15) is 9.59 Å². The Bertz CT molecular complexity index is 1310. The van der Waals surface area contributed by atoms with Gasteiger partial charge in [-0.3, -0.25) is 9.59 Å². The zero-order valence-corrected chi connectivity index (χ0v) is 22.5. The van der Waals surface area contributed by atoms with Crippen molar-refractivity contribution in [1.82, 2.24) is 15.2 Å². The first-order valence-corrected chi connectivity index (χ1v) is 14.2. The second-order valence-corrected chi connectivity index (χ2v) is 11.6. The molecule has 1 saturated carbocycles. The number of benzene rings is 2. The van der Waals surface area contributed by atoms with Crippen LogP contribution in [0.15, 0.2) is 60.7 Å². The fourth-order valence-electron chi connectivity index (χ4n) is 6.10. The number of carbonyl (C=O) groups is 2. The van der Waals surface area contributed by atoms with Crippen molar-refractivity contribution in [3.63, 3.8) is 0 Å². The van der Waals surface area contributed by atoms with Gasteiger partial charge < -0.3 is 26.3 Å². The molecule has 38 heavy (non-hydrogen) atoms. The number of nitrogens with one attached hydrogen (secondary N) is 2. The summed E-state index contributed by atoms with van der Waals surface area (Å²) in [7, 11) is 2.14. The number of rotatable bonds is 6. The van der Waals surface area contributed by atoms with Crippen molar-refractivity contribution in [2.24, 2.45) is 5.73 Å². The predicted molar refractivity (Wildman–Crippen MR) is 151 cm³/mol. The van der Waals surface area contributed by atoms with E-state index >= 15 is 0 Å². The predicted octanol–water partition coefficient (Wildman–Crippen LogP) is 4.14. The molecule has 198 valence electrons. The van der Waals surface area contributed by atoms with Crippen molar-refractivity contribution < 1.29 is 9.59 Å². The number of nitrogens with zero attached hydrogens (tertiary/aromatic N) is 3. The maximum atomic E-state index is 13.6. The lowest BCUT2D eigenvalue weighted by Gasteiger charge is -2.42. The molecule has 9 heteroatoms. The van der Waals surface area contributed by atoms with Crippen molar-refractivity contribution in [2.75, 3.05) is 43.6 Å². The molecule has 1 saturated heterocycles. The smallest absolute Gasteiger partial charge is 0.258 e. The first-order chi connectivity index (χ1) is 18.4. The molecule has 3 heterocycles. The second kappa shape index (κ2) is 10.1. The second-order valence-electron chi connectivity index (χ2n) is 10.6. The monoisotopic (exact) mass is 530 g/mol. The Morgan fingerprint density at radius 1 is 1.00 bits per heavy atom. The third-order valence-corrected chi connectivity index (χ3v) is 9.32. The Morgan fingerprint density at radius 2 is 1.68 bits per heavy atom. The van der Waals surface area contributed by atoms with Gasteiger partial charge in [0, 0.05) is 43.0 Å². The molecule has 2 aliphatic heterocycles. The van der Waals surface area contributed by atoms with E-state index in [1.165, 1.54) is 16.9 Å². The van der Waals surface area contributed by atoms with Gasteiger partial charge in [-0.2, -0.15) is 5.01 Å². The van der Waals surface area contributed by atoms with Gasteiger partial charge in [0.25, 0.3) is 11.8 Å². The summed E-state index contributed by atoms with van der Waals surface area (Å²) >= 11 is 1.34. The number of anilines is 2. The Morgan fingerprint density at radius 3 is 2.34 bits per heavy atom. The van der Waals surface area contributed by atoms with Crippen LogP contribution in [0, 0.1) is 0 Å². The van der Waals surface area contributed by atoms with Crippen molar-refractivity contribution >= 4 is 33.8 Å². The molecule has 0 radical (unpaired) electrons. The molecule has 1 aliphatic carbocycles. The Balaban J connectivity index is 1.29. The molecule has 6 rings (SSSR count). The van der Waals surface area contributed by atoms with E-state index in [0.29, 0.717) is 10.4 Å². The molecular formula is C29H34N6O2S. The van der Waals surface area contributed by atoms with E-state index in [1.54, 1.807) is 0 Å². The molecule has 1 aromatic heterocycles. The van der Waals surface area contributed by atoms with E-state index in [1.807, 2.05) is 36.4 Å². The number of fused-ring (bicyclic) bond motifs is 1. The van der Waals surface area contributed by atoms with Crippen LogP contribution in [0.2, 0.25) is 0 Å². The Hall–Kier alpha value is -3.40. The Labute approximate surface area is 227 Å². The number of hydrogen-bond donors (Lipinski definition) is 3. The summed E-state index contributed by atoms with van der Waals surface area (Å²) in [5, 5.41) is 6.35. The molecule has 3 aliphatic rings. The van der Waals surface area contributed by atoms with Gasteiger partial charge in [-0.05, 0) is 55.8 Å². The summed E-state index contributed by atoms with van der Waals surface area (Å²) in [5.41, 5.74) is 12.8. The molecule has 0 bridgehead atoms. The highest BCUT2D eigenvalue weighted by Crippen LogP contribution is 2.52. The topological polar surface area (TPSA) is 93.9 Å². The number of thiophene rings is 1. The van der Waals surface area contributed by atoms with Crippen LogP contribution in [0.4, 0.5) is 10.7 Å². The number of primary amides is 1. The minimum atomic E-state index is -0.457. The number of amides is 2. The average Bonchev–Trinajstić information content (AvgIpc) is 3.66. The summed E-state index contributed by atoms with van der Waals surface area (Å²) < 4.78 is 0. The van der Waals surface area contributed by atoms with Gasteiger partial charge >= 0.3 is 0 Å². The number of nitrogens with two attached hydrogens (primary N) is 1. The summed E-state index contributed by atoms with van der Waals surface area (Å²) in [6.45, 7) is 4.03. The highest BCUT2D eigenvalue weighted by atomic mass is 32.1. The third-order valence-electron chi connectivity index (χ3n) is 8.25. The van der Waals surface area contributed by atoms with E-state index < -0.39 is 12.1 Å². The first-order valence-electron chi connectivity index (χ1n) is 13.3. The van der Waals surface area contributed by atoms with E-state index in [4.69, 9.17) is 5.73 Å². The minimum absolute atomic E-state index is 0.146. The van der Waals surface area contributed by atoms with Gasteiger partial charge in [0.15, 0.2) is 0 Å².